The van der Waals surface area contributed by atoms with Crippen molar-refractivity contribution in [3.63, 3.8) is 0 Å². The number of ether oxygens (including phenoxy) is 1. The highest BCUT2D eigenvalue weighted by Crippen LogP contribution is 2.33. The fourth-order valence-corrected chi connectivity index (χ4v) is 4.10. The first-order chi connectivity index (χ1) is 12.6. The number of carbonyl (C=O) groups excluding carboxylic acids is 1. The molecule has 0 spiro atoms. The van der Waals surface area contributed by atoms with E-state index in [2.05, 4.69) is 0 Å². The highest BCUT2D eigenvalue weighted by atomic mass is 16.5. The van der Waals surface area contributed by atoms with Crippen molar-refractivity contribution in [3.8, 4) is 5.75 Å². The van der Waals surface area contributed by atoms with E-state index >= 15 is 0 Å². The Balaban J connectivity index is 1.65. The summed E-state index contributed by atoms with van der Waals surface area (Å²) in [6.45, 7) is 3.36. The van der Waals surface area contributed by atoms with Gasteiger partial charge in [-0.25, -0.2) is 0 Å². The zero-order valence-electron chi connectivity index (χ0n) is 14.9. The maximum atomic E-state index is 13.3. The molecule has 4 rings (SSSR count). The van der Waals surface area contributed by atoms with E-state index in [1.807, 2.05) is 34.1 Å². The molecule has 1 saturated heterocycles. The van der Waals surface area contributed by atoms with E-state index in [-0.39, 0.29) is 11.7 Å². The first kappa shape index (κ1) is 16.8. The number of nitrogens with zero attached hydrogens (tertiary/aromatic N) is 2. The van der Waals surface area contributed by atoms with Crippen molar-refractivity contribution >= 4 is 17.3 Å². The smallest absolute Gasteiger partial charge is 0.272 e. The molecule has 1 fully saturated rings. The maximum absolute atomic E-state index is 13.3. The van der Waals surface area contributed by atoms with Gasteiger partial charge in [0, 0.05) is 18.8 Å². The molecule has 2 aromatic rings. The van der Waals surface area contributed by atoms with Crippen LogP contribution < -0.4 is 25.4 Å². The van der Waals surface area contributed by atoms with E-state index in [0.717, 1.165) is 24.9 Å². The summed E-state index contributed by atoms with van der Waals surface area (Å²) >= 11 is 0. The van der Waals surface area contributed by atoms with E-state index in [1.54, 1.807) is 6.92 Å². The summed E-state index contributed by atoms with van der Waals surface area (Å²) < 4.78 is 5.38. The topological polar surface area (TPSA) is 66.9 Å². The lowest BCUT2D eigenvalue weighted by Crippen LogP contribution is -2.54. The lowest BCUT2D eigenvalue weighted by atomic mass is 9.98. The summed E-state index contributed by atoms with van der Waals surface area (Å²) in [7, 11) is 0. The number of fused-ring (bicyclic) bond motifs is 1. The molecule has 0 N–H and O–H groups in total. The number of para-hydroxylation sites is 1. The van der Waals surface area contributed by atoms with Gasteiger partial charge in [0.05, 0.1) is 6.61 Å². The first-order valence-electron chi connectivity index (χ1n) is 9.25. The van der Waals surface area contributed by atoms with Gasteiger partial charge in [-0.2, -0.15) is 0 Å². The Labute approximate surface area is 151 Å². The molecule has 136 valence electrons. The zero-order chi connectivity index (χ0) is 18.3. The number of rotatable bonds is 4. The number of hydrogen-bond acceptors (Lipinski definition) is 5. The van der Waals surface area contributed by atoms with Crippen LogP contribution in [0.3, 0.4) is 0 Å². The predicted octanol–water partition coefficient (Wildman–Crippen LogP) is 1.63. The van der Waals surface area contributed by atoms with Gasteiger partial charge in [0.2, 0.25) is 5.91 Å². The number of hydrogen-bond donors (Lipinski definition) is 0. The van der Waals surface area contributed by atoms with E-state index in [4.69, 9.17) is 4.74 Å². The average molecular weight is 354 g/mol. The molecule has 1 unspecified atom stereocenters. The van der Waals surface area contributed by atoms with Crippen molar-refractivity contribution in [3.05, 3.63) is 50.3 Å². The molecule has 0 bridgehead atoms. The van der Waals surface area contributed by atoms with Crippen LogP contribution in [0.1, 0.15) is 31.7 Å². The predicted molar refractivity (Wildman–Crippen MR) is 100 cm³/mol. The molecule has 2 heterocycles. The second kappa shape index (κ2) is 6.59. The largest absolute Gasteiger partial charge is 0.488 e. The Morgan fingerprint density at radius 3 is 2.77 bits per heavy atom. The van der Waals surface area contributed by atoms with Crippen molar-refractivity contribution < 1.29 is 9.53 Å². The van der Waals surface area contributed by atoms with Crippen molar-refractivity contribution in [2.45, 2.75) is 38.6 Å². The number of anilines is 2. The average Bonchev–Trinajstić information content (AvgIpc) is 3.11. The van der Waals surface area contributed by atoms with Crippen molar-refractivity contribution in [2.75, 3.05) is 29.5 Å². The molecule has 0 radical (unpaired) electrons. The van der Waals surface area contributed by atoms with Gasteiger partial charge < -0.3 is 14.5 Å². The van der Waals surface area contributed by atoms with Crippen LogP contribution in [0.2, 0.25) is 0 Å². The molecule has 0 saturated carbocycles. The van der Waals surface area contributed by atoms with Gasteiger partial charge in [0.25, 0.3) is 10.9 Å². The molecule has 0 aromatic heterocycles. The summed E-state index contributed by atoms with van der Waals surface area (Å²) in [6, 6.07) is 7.52. The maximum Gasteiger partial charge on any atom is 0.272 e. The Bertz CT molecular complexity index is 913. The second-order valence-corrected chi connectivity index (χ2v) is 6.84. The van der Waals surface area contributed by atoms with Crippen LogP contribution in [0.4, 0.5) is 11.4 Å². The van der Waals surface area contributed by atoms with E-state index in [9.17, 15) is 14.4 Å². The second-order valence-electron chi connectivity index (χ2n) is 6.84. The normalized spacial score (nSPS) is 19.7. The quantitative estimate of drug-likeness (QED) is 0.781. The third-order valence-corrected chi connectivity index (χ3v) is 5.36. The van der Waals surface area contributed by atoms with Crippen LogP contribution >= 0.6 is 0 Å². The number of benzene rings is 1. The minimum Gasteiger partial charge on any atom is -0.488 e. The fourth-order valence-electron chi connectivity index (χ4n) is 4.10. The van der Waals surface area contributed by atoms with Gasteiger partial charge >= 0.3 is 0 Å². The molecule has 2 aliphatic rings. The fraction of sp³-hybridized carbons (Fsp3) is 0.450. The molecule has 2 aliphatic heterocycles. The molecule has 2 aromatic carbocycles. The van der Waals surface area contributed by atoms with E-state index in [1.165, 1.54) is 5.56 Å². The van der Waals surface area contributed by atoms with Gasteiger partial charge in [0.15, 0.2) is 5.75 Å². The number of carbonyl (C=O) groups is 1. The van der Waals surface area contributed by atoms with Gasteiger partial charge in [-0.05, 0) is 44.2 Å². The molecule has 26 heavy (non-hydrogen) atoms. The molecule has 0 aliphatic carbocycles. The minimum absolute atomic E-state index is 0.00477. The van der Waals surface area contributed by atoms with E-state index < -0.39 is 16.9 Å². The number of piperidine rings is 1. The summed E-state index contributed by atoms with van der Waals surface area (Å²) in [5.74, 6) is 0.129. The zero-order valence-corrected chi connectivity index (χ0v) is 14.9. The Morgan fingerprint density at radius 2 is 1.96 bits per heavy atom. The molecule has 6 nitrogen and oxygen atoms in total. The molecule has 6 heteroatoms. The number of amides is 1. The van der Waals surface area contributed by atoms with Crippen molar-refractivity contribution in [2.24, 2.45) is 0 Å². The first-order valence-corrected chi connectivity index (χ1v) is 9.25. The van der Waals surface area contributed by atoms with Gasteiger partial charge in [-0.1, -0.05) is 18.2 Å². The van der Waals surface area contributed by atoms with Crippen LogP contribution in [0.15, 0.2) is 33.9 Å². The third kappa shape index (κ3) is 2.52. The van der Waals surface area contributed by atoms with Crippen LogP contribution in [0.25, 0.3) is 0 Å². The molecule has 1 amide bonds. The Hall–Kier alpha value is -2.63. The monoisotopic (exact) mass is 354 g/mol. The van der Waals surface area contributed by atoms with Gasteiger partial charge in [0.1, 0.15) is 11.7 Å². The lowest BCUT2D eigenvalue weighted by molar-refractivity contribution is -0.120. The van der Waals surface area contributed by atoms with Crippen LogP contribution in [-0.2, 0) is 11.2 Å². The summed E-state index contributed by atoms with van der Waals surface area (Å²) in [6.07, 6.45) is 3.35. The lowest BCUT2D eigenvalue weighted by Gasteiger charge is -2.39. The van der Waals surface area contributed by atoms with Crippen LogP contribution in [0, 0.1) is 0 Å². The third-order valence-electron chi connectivity index (χ3n) is 5.36. The Kier molecular flexibility index (Phi) is 4.26. The van der Waals surface area contributed by atoms with Crippen LogP contribution in [0.5, 0.6) is 5.75 Å². The van der Waals surface area contributed by atoms with Gasteiger partial charge in [-0.3, -0.25) is 14.4 Å². The molecular weight excluding hydrogens is 332 g/mol. The van der Waals surface area contributed by atoms with Crippen molar-refractivity contribution in [1.82, 2.24) is 0 Å². The highest BCUT2D eigenvalue weighted by Gasteiger charge is 2.39. The minimum atomic E-state index is -0.579. The molecular formula is C20H22N2O4. The molecule has 1 atom stereocenters. The van der Waals surface area contributed by atoms with Gasteiger partial charge in [-0.15, -0.1) is 0 Å². The van der Waals surface area contributed by atoms with Crippen LogP contribution in [-0.4, -0.2) is 31.6 Å². The van der Waals surface area contributed by atoms with Crippen molar-refractivity contribution in [1.29, 1.82) is 0 Å². The highest BCUT2D eigenvalue weighted by molar-refractivity contribution is 6.01. The summed E-state index contributed by atoms with van der Waals surface area (Å²) in [4.78, 5) is 41.0. The Morgan fingerprint density at radius 1 is 1.15 bits per heavy atom. The van der Waals surface area contributed by atoms with E-state index in [0.29, 0.717) is 31.8 Å². The summed E-state index contributed by atoms with van der Waals surface area (Å²) in [5.41, 5.74) is 1.31. The summed E-state index contributed by atoms with van der Waals surface area (Å²) in [5, 5.41) is 0. The SMILES string of the molecule is CCOc1c(N2CCCCC2C(=O)N2CCc3ccccc32)c(=O)c1=O. The standard InChI is InChI=1S/C20H22N2O4/c1-2-26-19-16(17(23)18(19)24)21-11-6-5-9-15(21)20(25)22-12-10-13-7-3-4-8-14(13)22/h3-4,7-8,15H,2,5-6,9-12H2,1H3.